The molecule has 14 heavy (non-hydrogen) atoms. The Morgan fingerprint density at radius 1 is 1.00 bits per heavy atom. The largest absolute Gasteiger partial charge is 0.292 e. The summed E-state index contributed by atoms with van der Waals surface area (Å²) in [6.45, 7) is 9.62. The molecule has 2 aliphatic rings. The average molecular weight is 195 g/mol. The highest BCUT2D eigenvalue weighted by Crippen LogP contribution is 2.42. The van der Waals surface area contributed by atoms with Gasteiger partial charge in [-0.2, -0.15) is 0 Å². The Labute approximate surface area is 88.9 Å². The van der Waals surface area contributed by atoms with Crippen LogP contribution in [0.15, 0.2) is 0 Å². The number of hydrogen-bond donors (Lipinski definition) is 0. The molecule has 1 nitrogen and oxygen atoms in total. The molecule has 1 heteroatoms. The van der Waals surface area contributed by atoms with Gasteiger partial charge in [0, 0.05) is 17.6 Å². The fraction of sp³-hybridized carbons (Fsp3) is 1.00. The maximum atomic E-state index is 2.85. The Bertz CT molecular complexity index is 199. The van der Waals surface area contributed by atoms with Crippen LogP contribution in [0, 0.1) is 5.92 Å². The molecule has 0 atom stereocenters. The number of nitrogens with zero attached hydrogens (tertiary/aromatic N) is 1. The van der Waals surface area contributed by atoms with Crippen LogP contribution in [0.4, 0.5) is 0 Å². The first-order valence-corrected chi connectivity index (χ1v) is 6.32. The minimum Gasteiger partial charge on any atom is -0.292 e. The van der Waals surface area contributed by atoms with E-state index in [1.165, 1.54) is 32.1 Å². The highest BCUT2D eigenvalue weighted by molar-refractivity contribution is 5.00. The molecule has 2 rings (SSSR count). The van der Waals surface area contributed by atoms with Crippen LogP contribution in [0.2, 0.25) is 0 Å². The van der Waals surface area contributed by atoms with Crippen molar-refractivity contribution in [2.24, 2.45) is 5.92 Å². The van der Waals surface area contributed by atoms with Gasteiger partial charge in [0.25, 0.3) is 0 Å². The van der Waals surface area contributed by atoms with Crippen molar-refractivity contribution in [3.63, 3.8) is 0 Å². The van der Waals surface area contributed by atoms with Gasteiger partial charge in [-0.05, 0) is 45.4 Å². The van der Waals surface area contributed by atoms with Crippen LogP contribution in [-0.4, -0.2) is 22.5 Å². The summed E-state index contributed by atoms with van der Waals surface area (Å²) in [5, 5.41) is 0. The van der Waals surface area contributed by atoms with Gasteiger partial charge in [-0.1, -0.05) is 20.3 Å². The smallest absolute Gasteiger partial charge is 0.0182 e. The lowest BCUT2D eigenvalue weighted by Gasteiger charge is -2.50. The zero-order valence-corrected chi connectivity index (χ0v) is 10.2. The molecule has 82 valence electrons. The third kappa shape index (κ3) is 1.71. The molecule has 0 aromatic heterocycles. The van der Waals surface area contributed by atoms with E-state index >= 15 is 0 Å². The third-order valence-electron chi connectivity index (χ3n) is 4.49. The van der Waals surface area contributed by atoms with Crippen molar-refractivity contribution in [3.8, 4) is 0 Å². The fourth-order valence-corrected chi connectivity index (χ4v) is 2.55. The predicted molar refractivity (Wildman–Crippen MR) is 61.4 cm³/mol. The maximum absolute atomic E-state index is 2.85. The minimum atomic E-state index is 0.409. The second-order valence-electron chi connectivity index (χ2n) is 6.03. The van der Waals surface area contributed by atoms with E-state index < -0.39 is 0 Å². The highest BCUT2D eigenvalue weighted by Gasteiger charge is 2.45. The zero-order chi connectivity index (χ0) is 10.3. The molecule has 0 unspecified atom stereocenters. The summed E-state index contributed by atoms with van der Waals surface area (Å²) in [6.07, 6.45) is 7.26. The molecule has 2 aliphatic carbocycles. The van der Waals surface area contributed by atoms with E-state index in [1.54, 1.807) is 0 Å². The second-order valence-corrected chi connectivity index (χ2v) is 6.03. The lowest BCUT2D eigenvalue weighted by atomic mass is 9.82. The Kier molecular flexibility index (Phi) is 2.63. The topological polar surface area (TPSA) is 3.24 Å². The second kappa shape index (κ2) is 3.52. The first-order valence-electron chi connectivity index (χ1n) is 6.32. The summed E-state index contributed by atoms with van der Waals surface area (Å²) < 4.78 is 0. The van der Waals surface area contributed by atoms with Gasteiger partial charge in [0.05, 0.1) is 0 Å². The molecule has 0 amide bonds. The minimum absolute atomic E-state index is 0.409. The first kappa shape index (κ1) is 10.5. The molecule has 0 aliphatic heterocycles. The van der Waals surface area contributed by atoms with E-state index in [1.807, 2.05) is 0 Å². The van der Waals surface area contributed by atoms with Crippen LogP contribution < -0.4 is 0 Å². The van der Waals surface area contributed by atoms with E-state index in [0.717, 1.165) is 18.0 Å². The van der Waals surface area contributed by atoms with Crippen molar-refractivity contribution < 1.29 is 0 Å². The van der Waals surface area contributed by atoms with Crippen LogP contribution in [-0.2, 0) is 0 Å². The van der Waals surface area contributed by atoms with Gasteiger partial charge in [-0.25, -0.2) is 0 Å². The average Bonchev–Trinajstić information content (AvgIpc) is 2.77. The summed E-state index contributed by atoms with van der Waals surface area (Å²) in [6, 6.07) is 1.84. The molecule has 2 fully saturated rings. The van der Waals surface area contributed by atoms with Crippen LogP contribution in [0.3, 0.4) is 0 Å². The lowest BCUT2D eigenvalue weighted by Crippen LogP contribution is -2.56. The molecule has 0 radical (unpaired) electrons. The zero-order valence-electron chi connectivity index (χ0n) is 10.2. The molecule has 0 spiro atoms. The summed E-state index contributed by atoms with van der Waals surface area (Å²) in [5.74, 6) is 0.767. The van der Waals surface area contributed by atoms with Crippen molar-refractivity contribution in [1.82, 2.24) is 4.90 Å². The van der Waals surface area contributed by atoms with E-state index in [4.69, 9.17) is 0 Å². The number of rotatable bonds is 4. The van der Waals surface area contributed by atoms with Crippen molar-refractivity contribution in [2.75, 3.05) is 0 Å². The molecular formula is C13H25N. The van der Waals surface area contributed by atoms with E-state index in [2.05, 4.69) is 32.6 Å². The first-order chi connectivity index (χ1) is 6.53. The van der Waals surface area contributed by atoms with E-state index in [0.29, 0.717) is 5.54 Å². The normalized spacial score (nSPS) is 24.4. The van der Waals surface area contributed by atoms with Gasteiger partial charge in [0.2, 0.25) is 0 Å². The molecule has 0 aromatic rings. The molecule has 0 N–H and O–H groups in total. The number of hydrogen-bond acceptors (Lipinski definition) is 1. The maximum Gasteiger partial charge on any atom is 0.0182 e. The Morgan fingerprint density at radius 3 is 1.79 bits per heavy atom. The van der Waals surface area contributed by atoms with Gasteiger partial charge in [-0.15, -0.1) is 0 Å². The van der Waals surface area contributed by atoms with Crippen LogP contribution in [0.25, 0.3) is 0 Å². The third-order valence-corrected chi connectivity index (χ3v) is 4.49. The van der Waals surface area contributed by atoms with Crippen molar-refractivity contribution in [1.29, 1.82) is 0 Å². The summed E-state index contributed by atoms with van der Waals surface area (Å²) >= 11 is 0. The van der Waals surface area contributed by atoms with Gasteiger partial charge in [-0.3, -0.25) is 4.90 Å². The molecule has 0 aromatic carbocycles. The lowest BCUT2D eigenvalue weighted by molar-refractivity contribution is -0.00629. The van der Waals surface area contributed by atoms with Crippen molar-refractivity contribution in [3.05, 3.63) is 0 Å². The SMILES string of the molecule is CC(C)C(C)(C)N(C1CCC1)C1CC1. The van der Waals surface area contributed by atoms with E-state index in [9.17, 15) is 0 Å². The molecule has 0 heterocycles. The van der Waals surface area contributed by atoms with Crippen molar-refractivity contribution >= 4 is 0 Å². The van der Waals surface area contributed by atoms with Gasteiger partial charge >= 0.3 is 0 Å². The standard InChI is InChI=1S/C13H25N/c1-10(2)13(3,4)14(12-8-9-12)11-6-5-7-11/h10-12H,5-9H2,1-4H3. The molecule has 0 saturated heterocycles. The Hall–Kier alpha value is -0.0400. The summed E-state index contributed by atoms with van der Waals surface area (Å²) in [4.78, 5) is 2.85. The van der Waals surface area contributed by atoms with Crippen LogP contribution in [0.1, 0.15) is 59.8 Å². The van der Waals surface area contributed by atoms with Crippen LogP contribution in [0.5, 0.6) is 0 Å². The summed E-state index contributed by atoms with van der Waals surface area (Å²) in [7, 11) is 0. The van der Waals surface area contributed by atoms with Gasteiger partial charge in [0.1, 0.15) is 0 Å². The predicted octanol–water partition coefficient (Wildman–Crippen LogP) is 3.44. The Morgan fingerprint density at radius 2 is 1.50 bits per heavy atom. The molecule has 0 bridgehead atoms. The van der Waals surface area contributed by atoms with Gasteiger partial charge in [0.15, 0.2) is 0 Å². The van der Waals surface area contributed by atoms with Gasteiger partial charge < -0.3 is 0 Å². The highest BCUT2D eigenvalue weighted by atomic mass is 15.3. The molecular weight excluding hydrogens is 170 g/mol. The monoisotopic (exact) mass is 195 g/mol. The van der Waals surface area contributed by atoms with Crippen LogP contribution >= 0.6 is 0 Å². The fourth-order valence-electron chi connectivity index (χ4n) is 2.55. The quantitative estimate of drug-likeness (QED) is 0.664. The van der Waals surface area contributed by atoms with E-state index in [-0.39, 0.29) is 0 Å². The Balaban J connectivity index is 2.08. The molecule has 2 saturated carbocycles. The van der Waals surface area contributed by atoms with Crippen molar-refractivity contribution in [2.45, 2.75) is 77.4 Å². The summed E-state index contributed by atoms with van der Waals surface area (Å²) in [5.41, 5.74) is 0.409.